The summed E-state index contributed by atoms with van der Waals surface area (Å²) in [6.07, 6.45) is 1.00. The molecule has 1 heterocycles. The lowest BCUT2D eigenvalue weighted by Crippen LogP contribution is -2.26. The molecule has 0 aliphatic carbocycles. The van der Waals surface area contributed by atoms with E-state index < -0.39 is 22.0 Å². The standard InChI is InChI=1S/C8H8N2O5/c1-4-5(10(14)15)3-9(2)7(11)6(4)8(12)13/h3H,1-2H3,(H,12,13). The fourth-order valence-electron chi connectivity index (χ4n) is 1.24. The Morgan fingerprint density at radius 1 is 1.60 bits per heavy atom. The smallest absolute Gasteiger partial charge is 0.341 e. The molecule has 0 atom stereocenters. The van der Waals surface area contributed by atoms with Gasteiger partial charge in [0, 0.05) is 12.6 Å². The van der Waals surface area contributed by atoms with Gasteiger partial charge in [-0.25, -0.2) is 4.79 Å². The summed E-state index contributed by atoms with van der Waals surface area (Å²) < 4.78 is 0.884. The van der Waals surface area contributed by atoms with E-state index >= 15 is 0 Å². The first kappa shape index (κ1) is 10.9. The van der Waals surface area contributed by atoms with E-state index in [0.29, 0.717) is 0 Å². The van der Waals surface area contributed by atoms with Crippen LogP contribution in [0.2, 0.25) is 0 Å². The maximum atomic E-state index is 11.4. The zero-order valence-corrected chi connectivity index (χ0v) is 8.05. The largest absolute Gasteiger partial charge is 0.477 e. The van der Waals surface area contributed by atoms with E-state index in [4.69, 9.17) is 5.11 Å². The van der Waals surface area contributed by atoms with Gasteiger partial charge in [-0.3, -0.25) is 14.9 Å². The molecule has 0 saturated heterocycles. The van der Waals surface area contributed by atoms with E-state index in [1.165, 1.54) is 14.0 Å². The van der Waals surface area contributed by atoms with E-state index in [-0.39, 0.29) is 11.3 Å². The SMILES string of the molecule is Cc1c([N+](=O)[O-])cn(C)c(=O)c1C(=O)O. The van der Waals surface area contributed by atoms with Crippen LogP contribution in [0.25, 0.3) is 0 Å². The topological polar surface area (TPSA) is 102 Å². The minimum Gasteiger partial charge on any atom is -0.477 e. The van der Waals surface area contributed by atoms with Crippen LogP contribution < -0.4 is 5.56 Å². The summed E-state index contributed by atoms with van der Waals surface area (Å²) >= 11 is 0. The summed E-state index contributed by atoms with van der Waals surface area (Å²) in [5.41, 5.74) is -1.83. The highest BCUT2D eigenvalue weighted by atomic mass is 16.6. The van der Waals surface area contributed by atoms with Crippen molar-refractivity contribution in [2.45, 2.75) is 6.92 Å². The fourth-order valence-corrected chi connectivity index (χ4v) is 1.24. The number of aromatic nitrogens is 1. The predicted molar refractivity (Wildman–Crippen MR) is 50.0 cm³/mol. The zero-order chi connectivity index (χ0) is 11.7. The van der Waals surface area contributed by atoms with Gasteiger partial charge in [0.25, 0.3) is 11.2 Å². The summed E-state index contributed by atoms with van der Waals surface area (Å²) in [5, 5.41) is 19.3. The van der Waals surface area contributed by atoms with E-state index in [1.54, 1.807) is 0 Å². The second-order valence-electron chi connectivity index (χ2n) is 2.99. The fraction of sp³-hybridized carbons (Fsp3) is 0.250. The van der Waals surface area contributed by atoms with Crippen molar-refractivity contribution in [3.05, 3.63) is 37.8 Å². The van der Waals surface area contributed by atoms with Crippen molar-refractivity contribution in [3.63, 3.8) is 0 Å². The Bertz CT molecular complexity index is 502. The van der Waals surface area contributed by atoms with E-state index in [2.05, 4.69) is 0 Å². The third-order valence-electron chi connectivity index (χ3n) is 2.02. The van der Waals surface area contributed by atoms with Crippen LogP contribution in [0.3, 0.4) is 0 Å². The summed E-state index contributed by atoms with van der Waals surface area (Å²) in [4.78, 5) is 31.9. The Morgan fingerprint density at radius 2 is 2.13 bits per heavy atom. The summed E-state index contributed by atoms with van der Waals surface area (Å²) in [7, 11) is 1.27. The van der Waals surface area contributed by atoms with Gasteiger partial charge in [-0.1, -0.05) is 0 Å². The number of nitrogens with zero attached hydrogens (tertiary/aromatic N) is 2. The van der Waals surface area contributed by atoms with Gasteiger partial charge in [0.2, 0.25) is 0 Å². The van der Waals surface area contributed by atoms with Gasteiger partial charge in [-0.15, -0.1) is 0 Å². The molecule has 1 N–H and O–H groups in total. The average Bonchev–Trinajstić information content (AvgIpc) is 2.10. The molecule has 80 valence electrons. The molecule has 0 bridgehead atoms. The summed E-state index contributed by atoms with van der Waals surface area (Å²) in [6, 6.07) is 0. The van der Waals surface area contributed by atoms with Gasteiger partial charge in [0.05, 0.1) is 11.1 Å². The Balaban J connectivity index is 3.72. The molecule has 15 heavy (non-hydrogen) atoms. The van der Waals surface area contributed by atoms with Crippen LogP contribution in [0.1, 0.15) is 15.9 Å². The highest BCUT2D eigenvalue weighted by Gasteiger charge is 2.22. The first-order chi connectivity index (χ1) is 6.86. The van der Waals surface area contributed by atoms with Crippen LogP contribution in [-0.4, -0.2) is 20.6 Å². The molecule has 1 aromatic heterocycles. The lowest BCUT2D eigenvalue weighted by Gasteiger charge is -2.04. The molecular formula is C8H8N2O5. The summed E-state index contributed by atoms with van der Waals surface area (Å²) in [6.45, 7) is 1.24. The van der Waals surface area contributed by atoms with E-state index in [9.17, 15) is 19.7 Å². The highest BCUT2D eigenvalue weighted by Crippen LogP contribution is 2.17. The van der Waals surface area contributed by atoms with Crippen LogP contribution in [-0.2, 0) is 7.05 Å². The first-order valence-electron chi connectivity index (χ1n) is 3.94. The predicted octanol–water partition coefficient (Wildman–Crippen LogP) is 0.300. The first-order valence-corrected chi connectivity index (χ1v) is 3.94. The number of aryl methyl sites for hydroxylation is 1. The lowest BCUT2D eigenvalue weighted by atomic mass is 10.1. The number of carboxylic acid groups (broad SMARTS) is 1. The Hall–Kier alpha value is -2.18. The van der Waals surface area contributed by atoms with E-state index in [1.807, 2.05) is 0 Å². The number of hydrogen-bond donors (Lipinski definition) is 1. The lowest BCUT2D eigenvalue weighted by molar-refractivity contribution is -0.385. The number of carbonyl (C=O) groups is 1. The van der Waals surface area contributed by atoms with E-state index in [0.717, 1.165) is 10.8 Å². The Labute approximate surface area is 83.7 Å². The van der Waals surface area contributed by atoms with Crippen LogP contribution in [0.15, 0.2) is 11.0 Å². The molecule has 0 radical (unpaired) electrons. The molecule has 0 aromatic carbocycles. The molecule has 0 saturated carbocycles. The molecule has 0 aliphatic rings. The molecule has 0 spiro atoms. The molecular weight excluding hydrogens is 204 g/mol. The van der Waals surface area contributed by atoms with Crippen LogP contribution in [0, 0.1) is 17.0 Å². The normalized spacial score (nSPS) is 10.0. The quantitative estimate of drug-likeness (QED) is 0.561. The van der Waals surface area contributed by atoms with Crippen LogP contribution in [0.4, 0.5) is 5.69 Å². The maximum Gasteiger partial charge on any atom is 0.341 e. The molecule has 0 fully saturated rings. The average molecular weight is 212 g/mol. The van der Waals surface area contributed by atoms with Gasteiger partial charge in [0.15, 0.2) is 0 Å². The van der Waals surface area contributed by atoms with Crippen LogP contribution in [0.5, 0.6) is 0 Å². The zero-order valence-electron chi connectivity index (χ0n) is 8.05. The number of aromatic carboxylic acids is 1. The van der Waals surface area contributed by atoms with Gasteiger partial charge in [-0.2, -0.15) is 0 Å². The number of rotatable bonds is 2. The molecule has 0 amide bonds. The molecule has 1 aromatic rings. The number of nitro groups is 1. The van der Waals surface area contributed by atoms with Crippen molar-refractivity contribution in [2.24, 2.45) is 7.05 Å². The van der Waals surface area contributed by atoms with Crippen molar-refractivity contribution in [1.29, 1.82) is 0 Å². The second kappa shape index (κ2) is 3.52. The number of carboxylic acids is 1. The Kier molecular flexibility index (Phi) is 2.56. The van der Waals surface area contributed by atoms with Gasteiger partial charge in [0.1, 0.15) is 5.56 Å². The van der Waals surface area contributed by atoms with Crippen molar-refractivity contribution >= 4 is 11.7 Å². The third kappa shape index (κ3) is 1.71. The van der Waals surface area contributed by atoms with Gasteiger partial charge in [-0.05, 0) is 6.92 Å². The minimum absolute atomic E-state index is 0.129. The second-order valence-corrected chi connectivity index (χ2v) is 2.99. The summed E-state index contributed by atoms with van der Waals surface area (Å²) in [5.74, 6) is -1.46. The molecule has 7 heteroatoms. The maximum absolute atomic E-state index is 11.4. The molecule has 1 rings (SSSR count). The van der Waals surface area contributed by atoms with Crippen molar-refractivity contribution in [2.75, 3.05) is 0 Å². The third-order valence-corrected chi connectivity index (χ3v) is 2.02. The highest BCUT2D eigenvalue weighted by molar-refractivity contribution is 5.90. The molecule has 0 unspecified atom stereocenters. The van der Waals surface area contributed by atoms with Crippen LogP contribution >= 0.6 is 0 Å². The van der Waals surface area contributed by atoms with Gasteiger partial charge < -0.3 is 9.67 Å². The Morgan fingerprint density at radius 3 is 2.53 bits per heavy atom. The van der Waals surface area contributed by atoms with Crippen molar-refractivity contribution < 1.29 is 14.8 Å². The number of pyridine rings is 1. The van der Waals surface area contributed by atoms with Crippen molar-refractivity contribution in [1.82, 2.24) is 4.57 Å². The number of hydrogen-bond acceptors (Lipinski definition) is 4. The van der Waals surface area contributed by atoms with Crippen molar-refractivity contribution in [3.8, 4) is 0 Å². The van der Waals surface area contributed by atoms with Gasteiger partial charge >= 0.3 is 5.97 Å². The monoisotopic (exact) mass is 212 g/mol. The minimum atomic E-state index is -1.46. The molecule has 7 nitrogen and oxygen atoms in total. The molecule has 0 aliphatic heterocycles.